The molecular weight excluding hydrogens is 250 g/mol. The van der Waals surface area contributed by atoms with E-state index in [4.69, 9.17) is 0 Å². The van der Waals surface area contributed by atoms with E-state index in [9.17, 15) is 5.11 Å². The van der Waals surface area contributed by atoms with Crippen LogP contribution in [0.25, 0.3) is 0 Å². The van der Waals surface area contributed by atoms with Gasteiger partial charge in [-0.05, 0) is 51.2 Å². The highest BCUT2D eigenvalue weighted by Crippen LogP contribution is 2.17. The standard InChI is InChI=1S/C16H27N3O/c1-14(15-5-3-6-16(20)13-15)17-7-4-8-19-11-9-18(2)10-12-19/h3,5-6,13-14,17,20H,4,7-12H2,1-2H3. The van der Waals surface area contributed by atoms with E-state index in [0.717, 1.165) is 12.1 Å². The Morgan fingerprint density at radius 1 is 1.25 bits per heavy atom. The molecule has 0 radical (unpaired) electrons. The van der Waals surface area contributed by atoms with Crippen molar-refractivity contribution in [3.8, 4) is 5.75 Å². The molecule has 1 atom stereocenters. The first-order chi connectivity index (χ1) is 9.65. The fourth-order valence-electron chi connectivity index (χ4n) is 2.60. The van der Waals surface area contributed by atoms with Crippen LogP contribution in [-0.2, 0) is 0 Å². The molecule has 4 heteroatoms. The molecule has 1 heterocycles. The lowest BCUT2D eigenvalue weighted by Gasteiger charge is -2.32. The van der Waals surface area contributed by atoms with Crippen LogP contribution in [0.1, 0.15) is 24.9 Å². The number of piperazine rings is 1. The van der Waals surface area contributed by atoms with Gasteiger partial charge in [-0.15, -0.1) is 0 Å². The van der Waals surface area contributed by atoms with Crippen LogP contribution >= 0.6 is 0 Å². The number of aromatic hydroxyl groups is 1. The van der Waals surface area contributed by atoms with Crippen LogP contribution in [0.4, 0.5) is 0 Å². The maximum Gasteiger partial charge on any atom is 0.115 e. The number of hydrogen-bond donors (Lipinski definition) is 2. The van der Waals surface area contributed by atoms with E-state index in [1.54, 1.807) is 6.07 Å². The number of benzene rings is 1. The summed E-state index contributed by atoms with van der Waals surface area (Å²) >= 11 is 0. The highest BCUT2D eigenvalue weighted by Gasteiger charge is 2.13. The minimum Gasteiger partial charge on any atom is -0.508 e. The lowest BCUT2D eigenvalue weighted by Crippen LogP contribution is -2.45. The topological polar surface area (TPSA) is 38.7 Å². The summed E-state index contributed by atoms with van der Waals surface area (Å²) in [5.41, 5.74) is 1.14. The number of nitrogens with zero attached hydrogens (tertiary/aromatic N) is 2. The Morgan fingerprint density at radius 3 is 2.70 bits per heavy atom. The van der Waals surface area contributed by atoms with Crippen molar-refractivity contribution >= 4 is 0 Å². The van der Waals surface area contributed by atoms with Gasteiger partial charge in [0, 0.05) is 32.2 Å². The second kappa shape index (κ2) is 7.62. The van der Waals surface area contributed by atoms with Gasteiger partial charge in [0.2, 0.25) is 0 Å². The first-order valence-electron chi connectivity index (χ1n) is 7.58. The third-order valence-corrected chi connectivity index (χ3v) is 4.07. The van der Waals surface area contributed by atoms with Crippen molar-refractivity contribution in [1.82, 2.24) is 15.1 Å². The zero-order chi connectivity index (χ0) is 14.4. The molecule has 2 rings (SSSR count). The largest absolute Gasteiger partial charge is 0.508 e. The monoisotopic (exact) mass is 277 g/mol. The van der Waals surface area contributed by atoms with Crippen LogP contribution < -0.4 is 5.32 Å². The lowest BCUT2D eigenvalue weighted by molar-refractivity contribution is 0.152. The molecule has 1 aromatic rings. The average Bonchev–Trinajstić information content (AvgIpc) is 2.45. The molecule has 1 saturated heterocycles. The molecule has 0 amide bonds. The van der Waals surface area contributed by atoms with Gasteiger partial charge in [0.1, 0.15) is 5.75 Å². The molecule has 112 valence electrons. The molecule has 0 bridgehead atoms. The molecule has 1 unspecified atom stereocenters. The van der Waals surface area contributed by atoms with E-state index in [2.05, 4.69) is 35.2 Å². The third-order valence-electron chi connectivity index (χ3n) is 4.07. The number of nitrogens with one attached hydrogen (secondary N) is 1. The summed E-state index contributed by atoms with van der Waals surface area (Å²) in [7, 11) is 2.19. The summed E-state index contributed by atoms with van der Waals surface area (Å²) < 4.78 is 0. The van der Waals surface area contributed by atoms with Crippen LogP contribution in [0, 0.1) is 0 Å². The van der Waals surface area contributed by atoms with Crippen molar-refractivity contribution < 1.29 is 5.11 Å². The van der Waals surface area contributed by atoms with E-state index in [-0.39, 0.29) is 6.04 Å². The van der Waals surface area contributed by atoms with Gasteiger partial charge in [0.05, 0.1) is 0 Å². The van der Waals surface area contributed by atoms with Crippen molar-refractivity contribution in [3.63, 3.8) is 0 Å². The van der Waals surface area contributed by atoms with E-state index in [1.165, 1.54) is 39.1 Å². The Labute approximate surface area is 122 Å². The van der Waals surface area contributed by atoms with Crippen LogP contribution in [0.15, 0.2) is 24.3 Å². The summed E-state index contributed by atoms with van der Waals surface area (Å²) in [6, 6.07) is 7.78. The van der Waals surface area contributed by atoms with Gasteiger partial charge >= 0.3 is 0 Å². The second-order valence-electron chi connectivity index (χ2n) is 5.77. The third kappa shape index (κ3) is 4.78. The highest BCUT2D eigenvalue weighted by atomic mass is 16.3. The zero-order valence-electron chi connectivity index (χ0n) is 12.7. The van der Waals surface area contributed by atoms with Gasteiger partial charge in [0.25, 0.3) is 0 Å². The van der Waals surface area contributed by atoms with Gasteiger partial charge in [-0.1, -0.05) is 12.1 Å². The van der Waals surface area contributed by atoms with Crippen molar-refractivity contribution in [1.29, 1.82) is 0 Å². The maximum absolute atomic E-state index is 9.49. The maximum atomic E-state index is 9.49. The van der Waals surface area contributed by atoms with Crippen molar-refractivity contribution in [3.05, 3.63) is 29.8 Å². The predicted molar refractivity (Wildman–Crippen MR) is 83.1 cm³/mol. The van der Waals surface area contributed by atoms with Crippen LogP contribution in [0.5, 0.6) is 5.75 Å². The van der Waals surface area contributed by atoms with Gasteiger partial charge in [-0.2, -0.15) is 0 Å². The number of phenolic OH excluding ortho intramolecular Hbond substituents is 1. The number of phenols is 1. The van der Waals surface area contributed by atoms with Gasteiger partial charge < -0.3 is 20.2 Å². The Bertz CT molecular complexity index is 402. The molecule has 1 aromatic carbocycles. The normalized spacial score (nSPS) is 19.1. The quantitative estimate of drug-likeness (QED) is 0.776. The summed E-state index contributed by atoms with van der Waals surface area (Å²) in [4.78, 5) is 4.93. The molecule has 1 fully saturated rings. The lowest BCUT2D eigenvalue weighted by atomic mass is 10.1. The molecule has 1 aliphatic rings. The smallest absolute Gasteiger partial charge is 0.115 e. The molecular formula is C16H27N3O. The van der Waals surface area contributed by atoms with Gasteiger partial charge in [0.15, 0.2) is 0 Å². The second-order valence-corrected chi connectivity index (χ2v) is 5.77. The molecule has 0 spiro atoms. The van der Waals surface area contributed by atoms with Crippen LogP contribution in [-0.4, -0.2) is 61.2 Å². The van der Waals surface area contributed by atoms with Crippen molar-refractivity contribution in [2.45, 2.75) is 19.4 Å². The van der Waals surface area contributed by atoms with E-state index in [0.29, 0.717) is 5.75 Å². The zero-order valence-corrected chi connectivity index (χ0v) is 12.7. The van der Waals surface area contributed by atoms with Crippen molar-refractivity contribution in [2.24, 2.45) is 0 Å². The van der Waals surface area contributed by atoms with Crippen LogP contribution in [0.2, 0.25) is 0 Å². The van der Waals surface area contributed by atoms with Gasteiger partial charge in [-0.25, -0.2) is 0 Å². The minimum absolute atomic E-state index is 0.287. The number of likely N-dealkylation sites (N-methyl/N-ethyl adjacent to an activating group) is 1. The van der Waals surface area contributed by atoms with Gasteiger partial charge in [-0.3, -0.25) is 0 Å². The predicted octanol–water partition coefficient (Wildman–Crippen LogP) is 1.68. The summed E-state index contributed by atoms with van der Waals surface area (Å²) in [6.07, 6.45) is 1.17. The molecule has 0 saturated carbocycles. The van der Waals surface area contributed by atoms with Crippen LogP contribution in [0.3, 0.4) is 0 Å². The van der Waals surface area contributed by atoms with E-state index in [1.807, 2.05) is 12.1 Å². The Morgan fingerprint density at radius 2 is 2.00 bits per heavy atom. The molecule has 2 N–H and O–H groups in total. The highest BCUT2D eigenvalue weighted by molar-refractivity contribution is 5.28. The minimum atomic E-state index is 0.287. The molecule has 4 nitrogen and oxygen atoms in total. The Balaban J connectivity index is 1.63. The fraction of sp³-hybridized carbons (Fsp3) is 0.625. The van der Waals surface area contributed by atoms with Crippen molar-refractivity contribution in [2.75, 3.05) is 46.3 Å². The number of rotatable bonds is 6. The SMILES string of the molecule is CC(NCCCN1CCN(C)CC1)c1cccc(O)c1. The summed E-state index contributed by atoms with van der Waals surface area (Å²) in [5, 5.41) is 13.0. The Hall–Kier alpha value is -1.10. The summed E-state index contributed by atoms with van der Waals surface area (Å²) in [5.74, 6) is 0.341. The molecule has 20 heavy (non-hydrogen) atoms. The average molecular weight is 277 g/mol. The first-order valence-corrected chi connectivity index (χ1v) is 7.58. The Kier molecular flexibility index (Phi) is 5.83. The molecule has 1 aliphatic heterocycles. The molecule has 0 aromatic heterocycles. The summed E-state index contributed by atoms with van der Waals surface area (Å²) in [6.45, 7) is 9.10. The molecule has 0 aliphatic carbocycles. The number of hydrogen-bond acceptors (Lipinski definition) is 4. The fourth-order valence-corrected chi connectivity index (χ4v) is 2.60. The van der Waals surface area contributed by atoms with E-state index >= 15 is 0 Å². The first kappa shape index (κ1) is 15.3. The van der Waals surface area contributed by atoms with E-state index < -0.39 is 0 Å².